The molecule has 4 nitrogen and oxygen atoms in total. The molecule has 0 bridgehead atoms. The molecule has 2 rings (SSSR count). The molecule has 41 heavy (non-hydrogen) atoms. The number of carbonyl (C=O) groups is 2. The van der Waals surface area contributed by atoms with Crippen LogP contribution < -0.4 is 5.32 Å². The Balaban J connectivity index is 1.98. The van der Waals surface area contributed by atoms with Gasteiger partial charge in [0.05, 0.1) is 0 Å². The zero-order valence-corrected chi connectivity index (χ0v) is 26.3. The van der Waals surface area contributed by atoms with Gasteiger partial charge in [0.1, 0.15) is 6.04 Å². The first-order valence-corrected chi connectivity index (χ1v) is 14.7. The summed E-state index contributed by atoms with van der Waals surface area (Å²) in [6.07, 6.45) is 30.4. The molecule has 1 N–H and O–H groups in total. The molecule has 2 atom stereocenters. The Morgan fingerprint density at radius 1 is 0.854 bits per heavy atom. The SMILES string of the molecule is C/C=C/C(C)=C/C=C/C(C)=C/C=C/C=C(C)/C=C/C=C(C)/C=C/C1=C(C)C(=O)C(OC(=O)C2CCCN2)CC1(C)C. The number of hydrogen-bond acceptors (Lipinski definition) is 4. The molecule has 0 saturated carbocycles. The first kappa shape index (κ1) is 33.7. The predicted molar refractivity (Wildman–Crippen MR) is 173 cm³/mol. The lowest BCUT2D eigenvalue weighted by molar-refractivity contribution is -0.157. The lowest BCUT2D eigenvalue weighted by atomic mass is 9.71. The highest BCUT2D eigenvalue weighted by Gasteiger charge is 2.40. The number of esters is 1. The average Bonchev–Trinajstić information content (AvgIpc) is 3.45. The number of Topliss-reactive ketones (excluding diaryl/α,β-unsaturated/α-hetero) is 1. The maximum absolute atomic E-state index is 13.1. The van der Waals surface area contributed by atoms with Crippen LogP contribution >= 0.6 is 0 Å². The predicted octanol–water partition coefficient (Wildman–Crippen LogP) is 8.55. The van der Waals surface area contributed by atoms with Crippen molar-refractivity contribution in [2.45, 2.75) is 86.8 Å². The second kappa shape index (κ2) is 16.7. The number of nitrogens with one attached hydrogen (secondary N) is 1. The summed E-state index contributed by atoms with van der Waals surface area (Å²) in [5, 5.41) is 3.15. The summed E-state index contributed by atoms with van der Waals surface area (Å²) in [6.45, 7) is 17.2. The van der Waals surface area contributed by atoms with Crippen molar-refractivity contribution in [2.24, 2.45) is 5.41 Å². The minimum absolute atomic E-state index is 0.0944. The Labute approximate surface area is 248 Å². The Hall–Kier alpha value is -3.50. The van der Waals surface area contributed by atoms with Crippen LogP contribution in [-0.2, 0) is 14.3 Å². The van der Waals surface area contributed by atoms with E-state index in [2.05, 4.69) is 88.5 Å². The topological polar surface area (TPSA) is 55.4 Å². The van der Waals surface area contributed by atoms with Crippen LogP contribution in [0.15, 0.2) is 119 Å². The summed E-state index contributed by atoms with van der Waals surface area (Å²) in [5.41, 5.74) is 6.02. The monoisotopic (exact) mass is 555 g/mol. The molecule has 0 radical (unpaired) electrons. The Morgan fingerprint density at radius 2 is 1.39 bits per heavy atom. The molecule has 0 amide bonds. The van der Waals surface area contributed by atoms with Crippen molar-refractivity contribution in [1.82, 2.24) is 5.32 Å². The van der Waals surface area contributed by atoms with Crippen LogP contribution in [0.2, 0.25) is 0 Å². The highest BCUT2D eigenvalue weighted by Crippen LogP contribution is 2.41. The van der Waals surface area contributed by atoms with E-state index < -0.39 is 6.10 Å². The third-order valence-electron chi connectivity index (χ3n) is 7.30. The van der Waals surface area contributed by atoms with Gasteiger partial charge in [-0.15, -0.1) is 0 Å². The van der Waals surface area contributed by atoms with Gasteiger partial charge in [-0.3, -0.25) is 9.59 Å². The lowest BCUT2D eigenvalue weighted by Crippen LogP contribution is -2.42. The average molecular weight is 556 g/mol. The van der Waals surface area contributed by atoms with Crippen LogP contribution in [-0.4, -0.2) is 30.4 Å². The van der Waals surface area contributed by atoms with Crippen molar-refractivity contribution in [3.05, 3.63) is 119 Å². The van der Waals surface area contributed by atoms with Gasteiger partial charge in [0.15, 0.2) is 11.9 Å². The van der Waals surface area contributed by atoms with E-state index in [4.69, 9.17) is 4.74 Å². The quantitative estimate of drug-likeness (QED) is 0.205. The summed E-state index contributed by atoms with van der Waals surface area (Å²) >= 11 is 0. The fourth-order valence-corrected chi connectivity index (χ4v) is 4.92. The minimum Gasteiger partial charge on any atom is -0.453 e. The van der Waals surface area contributed by atoms with Crippen LogP contribution in [0, 0.1) is 5.41 Å². The van der Waals surface area contributed by atoms with Gasteiger partial charge in [-0.25, -0.2) is 0 Å². The Kier molecular flexibility index (Phi) is 13.7. The zero-order valence-electron chi connectivity index (χ0n) is 26.3. The van der Waals surface area contributed by atoms with Gasteiger partial charge < -0.3 is 10.1 Å². The van der Waals surface area contributed by atoms with Gasteiger partial charge in [-0.05, 0) is 77.5 Å². The molecular formula is C37H49NO3. The van der Waals surface area contributed by atoms with Crippen LogP contribution in [0.5, 0.6) is 0 Å². The molecule has 4 heteroatoms. The third-order valence-corrected chi connectivity index (χ3v) is 7.30. The Morgan fingerprint density at radius 3 is 1.93 bits per heavy atom. The smallest absolute Gasteiger partial charge is 0.323 e. The van der Waals surface area contributed by atoms with E-state index in [-0.39, 0.29) is 23.2 Å². The van der Waals surface area contributed by atoms with Crippen molar-refractivity contribution in [2.75, 3.05) is 6.54 Å². The molecule has 0 aromatic heterocycles. The fraction of sp³-hybridized carbons (Fsp3) is 0.405. The van der Waals surface area contributed by atoms with Gasteiger partial charge in [-0.2, -0.15) is 0 Å². The molecule has 1 aliphatic heterocycles. The molecule has 2 aliphatic rings. The summed E-state index contributed by atoms with van der Waals surface area (Å²) in [7, 11) is 0. The number of carbonyl (C=O) groups excluding carboxylic acids is 2. The largest absolute Gasteiger partial charge is 0.453 e. The zero-order chi connectivity index (χ0) is 30.4. The van der Waals surface area contributed by atoms with Gasteiger partial charge in [0.25, 0.3) is 0 Å². The molecular weight excluding hydrogens is 506 g/mol. The van der Waals surface area contributed by atoms with E-state index in [0.29, 0.717) is 12.0 Å². The molecule has 1 heterocycles. The van der Waals surface area contributed by atoms with E-state index in [1.807, 2.05) is 57.2 Å². The van der Waals surface area contributed by atoms with Crippen LogP contribution in [0.3, 0.4) is 0 Å². The van der Waals surface area contributed by atoms with Crippen molar-refractivity contribution in [3.63, 3.8) is 0 Å². The van der Waals surface area contributed by atoms with Crippen LogP contribution in [0.1, 0.15) is 74.7 Å². The van der Waals surface area contributed by atoms with E-state index in [1.165, 1.54) is 11.1 Å². The van der Waals surface area contributed by atoms with Gasteiger partial charge in [-0.1, -0.05) is 121 Å². The molecule has 0 aromatic rings. The second-order valence-electron chi connectivity index (χ2n) is 11.6. The summed E-state index contributed by atoms with van der Waals surface area (Å²) in [5.74, 6) is -0.403. The first-order valence-electron chi connectivity index (χ1n) is 14.7. The number of allylic oxidation sites excluding steroid dienone is 19. The number of ketones is 1. The summed E-state index contributed by atoms with van der Waals surface area (Å²) < 4.78 is 5.67. The van der Waals surface area contributed by atoms with E-state index >= 15 is 0 Å². The Bertz CT molecular complexity index is 1250. The standard InChI is InChI=1S/C37H49NO3/c1-9-15-27(2)18-12-19-28(3)16-10-11-17-29(4)20-13-21-30(5)23-24-32-31(6)35(39)34(26-37(32,7)8)41-36(40)33-22-14-25-38-33/h9-13,15-21,23-24,33-34,38H,14,22,25-26H2,1-8H3/b11-10+,15-9+,19-12+,20-13+,24-23+,27-18+,28-16+,29-17+,30-21+. The summed E-state index contributed by atoms with van der Waals surface area (Å²) in [6, 6.07) is -0.291. The summed E-state index contributed by atoms with van der Waals surface area (Å²) in [4.78, 5) is 25.6. The maximum Gasteiger partial charge on any atom is 0.323 e. The molecule has 2 unspecified atom stereocenters. The fourth-order valence-electron chi connectivity index (χ4n) is 4.92. The van der Waals surface area contributed by atoms with Crippen LogP contribution in [0.4, 0.5) is 0 Å². The normalized spacial score (nSPS) is 23.5. The number of rotatable bonds is 11. The highest BCUT2D eigenvalue weighted by molar-refractivity contribution is 6.01. The van der Waals surface area contributed by atoms with Gasteiger partial charge in [0.2, 0.25) is 0 Å². The lowest BCUT2D eigenvalue weighted by Gasteiger charge is -2.36. The number of hydrogen-bond donors (Lipinski definition) is 1. The molecule has 1 fully saturated rings. The van der Waals surface area contributed by atoms with Gasteiger partial charge >= 0.3 is 5.97 Å². The second-order valence-corrected chi connectivity index (χ2v) is 11.6. The third kappa shape index (κ3) is 11.5. The maximum atomic E-state index is 13.1. The van der Waals surface area contributed by atoms with Gasteiger partial charge in [0, 0.05) is 6.42 Å². The molecule has 1 aliphatic carbocycles. The van der Waals surface area contributed by atoms with Crippen LogP contribution in [0.25, 0.3) is 0 Å². The number of ether oxygens (including phenoxy) is 1. The van der Waals surface area contributed by atoms with Crippen molar-refractivity contribution >= 4 is 11.8 Å². The molecule has 0 aromatic carbocycles. The van der Waals surface area contributed by atoms with E-state index in [1.54, 1.807) is 0 Å². The highest BCUT2D eigenvalue weighted by atomic mass is 16.5. The van der Waals surface area contributed by atoms with Crippen molar-refractivity contribution in [1.29, 1.82) is 0 Å². The molecule has 1 saturated heterocycles. The van der Waals surface area contributed by atoms with Crippen molar-refractivity contribution in [3.8, 4) is 0 Å². The van der Waals surface area contributed by atoms with E-state index in [0.717, 1.165) is 36.1 Å². The minimum atomic E-state index is -0.717. The first-order chi connectivity index (χ1) is 19.4. The van der Waals surface area contributed by atoms with E-state index in [9.17, 15) is 9.59 Å². The molecule has 220 valence electrons. The van der Waals surface area contributed by atoms with Crippen molar-refractivity contribution < 1.29 is 14.3 Å². The molecule has 0 spiro atoms.